The summed E-state index contributed by atoms with van der Waals surface area (Å²) in [7, 11) is 1.64. The van der Waals surface area contributed by atoms with Crippen LogP contribution in [0.1, 0.15) is 5.56 Å². The molecule has 6 heteroatoms. The number of ether oxygens (including phenoxy) is 4. The summed E-state index contributed by atoms with van der Waals surface area (Å²) in [5, 5.41) is 0. The molecule has 0 radical (unpaired) electrons. The second-order valence-corrected chi connectivity index (χ2v) is 3.97. The van der Waals surface area contributed by atoms with Crippen molar-refractivity contribution in [3.05, 3.63) is 23.9 Å². The Labute approximate surface area is 118 Å². The van der Waals surface area contributed by atoms with E-state index in [1.54, 1.807) is 19.4 Å². The molecule has 0 aliphatic rings. The molecule has 0 bridgehead atoms. The summed E-state index contributed by atoms with van der Waals surface area (Å²) in [5.41, 5.74) is 0.971. The van der Waals surface area contributed by atoms with Crippen LogP contribution in [0.3, 0.4) is 0 Å². The van der Waals surface area contributed by atoms with E-state index >= 15 is 0 Å². The van der Waals surface area contributed by atoms with E-state index in [1.807, 2.05) is 6.07 Å². The molecule has 0 aromatic carbocycles. The van der Waals surface area contributed by atoms with Crippen molar-refractivity contribution < 1.29 is 18.9 Å². The Morgan fingerprint density at radius 2 is 1.68 bits per heavy atom. The van der Waals surface area contributed by atoms with Crippen molar-refractivity contribution in [3.8, 4) is 5.88 Å². The Morgan fingerprint density at radius 3 is 2.26 bits per heavy atom. The zero-order chi connectivity index (χ0) is 13.8. The van der Waals surface area contributed by atoms with E-state index in [0.717, 1.165) is 5.56 Å². The second kappa shape index (κ2) is 11.0. The largest absolute Gasteiger partial charge is 0.475 e. The first-order chi connectivity index (χ1) is 9.36. The zero-order valence-corrected chi connectivity index (χ0v) is 11.9. The normalized spacial score (nSPS) is 10.6. The SMILES string of the molecule is COCCOCCOCCOc1ccc(CCl)cn1. The number of methoxy groups -OCH3 is 1. The number of hydrogen-bond donors (Lipinski definition) is 0. The predicted molar refractivity (Wildman–Crippen MR) is 72.8 cm³/mol. The van der Waals surface area contributed by atoms with Crippen molar-refractivity contribution >= 4 is 11.6 Å². The van der Waals surface area contributed by atoms with Gasteiger partial charge in [-0.15, -0.1) is 11.6 Å². The van der Waals surface area contributed by atoms with Crippen LogP contribution in [0, 0.1) is 0 Å². The van der Waals surface area contributed by atoms with Gasteiger partial charge in [0.25, 0.3) is 0 Å². The van der Waals surface area contributed by atoms with Crippen molar-refractivity contribution in [1.82, 2.24) is 4.98 Å². The maximum absolute atomic E-state index is 5.67. The summed E-state index contributed by atoms with van der Waals surface area (Å²) in [4.78, 5) is 4.12. The molecule has 0 atom stereocenters. The smallest absolute Gasteiger partial charge is 0.213 e. The lowest BCUT2D eigenvalue weighted by atomic mass is 10.3. The van der Waals surface area contributed by atoms with Gasteiger partial charge in [0.05, 0.1) is 33.0 Å². The summed E-state index contributed by atoms with van der Waals surface area (Å²) < 4.78 is 20.9. The quantitative estimate of drug-likeness (QED) is 0.460. The molecule has 0 aliphatic carbocycles. The molecule has 0 spiro atoms. The van der Waals surface area contributed by atoms with Crippen LogP contribution >= 0.6 is 11.6 Å². The highest BCUT2D eigenvalue weighted by molar-refractivity contribution is 6.17. The Balaban J connectivity index is 1.95. The third-order valence-corrected chi connectivity index (χ3v) is 2.54. The average molecular weight is 290 g/mol. The van der Waals surface area contributed by atoms with Gasteiger partial charge < -0.3 is 18.9 Å². The number of aromatic nitrogens is 1. The summed E-state index contributed by atoms with van der Waals surface area (Å²) in [5.74, 6) is 1.04. The van der Waals surface area contributed by atoms with Crippen molar-refractivity contribution in [2.75, 3.05) is 46.8 Å². The van der Waals surface area contributed by atoms with E-state index in [1.165, 1.54) is 0 Å². The highest BCUT2D eigenvalue weighted by atomic mass is 35.5. The van der Waals surface area contributed by atoms with Gasteiger partial charge in [0.15, 0.2) is 0 Å². The molecule has 5 nitrogen and oxygen atoms in total. The standard InChI is InChI=1S/C13H20ClNO4/c1-16-4-5-17-6-7-18-8-9-19-13-3-2-12(10-14)11-15-13/h2-3,11H,4-10H2,1H3. The zero-order valence-electron chi connectivity index (χ0n) is 11.1. The van der Waals surface area contributed by atoms with Gasteiger partial charge in [0.2, 0.25) is 5.88 Å². The molecule has 1 aromatic heterocycles. The molecular weight excluding hydrogens is 270 g/mol. The Bertz CT molecular complexity index is 321. The highest BCUT2D eigenvalue weighted by Gasteiger charge is 1.96. The van der Waals surface area contributed by atoms with E-state index in [2.05, 4.69) is 4.98 Å². The third-order valence-electron chi connectivity index (χ3n) is 2.23. The highest BCUT2D eigenvalue weighted by Crippen LogP contribution is 2.08. The lowest BCUT2D eigenvalue weighted by molar-refractivity contribution is 0.0176. The summed E-state index contributed by atoms with van der Waals surface area (Å²) in [6.45, 7) is 3.27. The van der Waals surface area contributed by atoms with Crippen LogP contribution in [0.5, 0.6) is 5.88 Å². The molecule has 1 rings (SSSR count). The van der Waals surface area contributed by atoms with Gasteiger partial charge in [0.1, 0.15) is 6.61 Å². The molecule has 0 fully saturated rings. The molecule has 108 valence electrons. The number of alkyl halides is 1. The minimum Gasteiger partial charge on any atom is -0.475 e. The van der Waals surface area contributed by atoms with Gasteiger partial charge >= 0.3 is 0 Å². The lowest BCUT2D eigenvalue weighted by Crippen LogP contribution is -2.12. The first-order valence-electron chi connectivity index (χ1n) is 6.15. The average Bonchev–Trinajstić information content (AvgIpc) is 2.46. The number of halogens is 1. The van der Waals surface area contributed by atoms with Crippen molar-refractivity contribution in [1.29, 1.82) is 0 Å². The molecule has 1 heterocycles. The predicted octanol–water partition coefficient (Wildman–Crippen LogP) is 1.88. The molecule has 0 N–H and O–H groups in total. The second-order valence-electron chi connectivity index (χ2n) is 3.70. The summed E-state index contributed by atoms with van der Waals surface area (Å²) in [6, 6.07) is 3.69. The molecule has 0 unspecified atom stereocenters. The lowest BCUT2D eigenvalue weighted by Gasteiger charge is -2.07. The fourth-order valence-electron chi connectivity index (χ4n) is 1.24. The van der Waals surface area contributed by atoms with Crippen molar-refractivity contribution in [2.24, 2.45) is 0 Å². The number of hydrogen-bond acceptors (Lipinski definition) is 5. The summed E-state index contributed by atoms with van der Waals surface area (Å²) in [6.07, 6.45) is 1.70. The van der Waals surface area contributed by atoms with Gasteiger partial charge in [0, 0.05) is 25.3 Å². The molecule has 19 heavy (non-hydrogen) atoms. The van der Waals surface area contributed by atoms with E-state index in [4.69, 9.17) is 30.5 Å². The van der Waals surface area contributed by atoms with E-state index in [0.29, 0.717) is 51.4 Å². The van der Waals surface area contributed by atoms with Gasteiger partial charge in [-0.2, -0.15) is 0 Å². The maximum Gasteiger partial charge on any atom is 0.213 e. The molecule has 1 aromatic rings. The minimum atomic E-state index is 0.458. The number of pyridine rings is 1. The van der Waals surface area contributed by atoms with Gasteiger partial charge in [-0.05, 0) is 5.56 Å². The number of nitrogens with zero attached hydrogens (tertiary/aromatic N) is 1. The van der Waals surface area contributed by atoms with Crippen molar-refractivity contribution in [3.63, 3.8) is 0 Å². The first kappa shape index (κ1) is 16.2. The van der Waals surface area contributed by atoms with E-state index in [-0.39, 0.29) is 0 Å². The fourth-order valence-corrected chi connectivity index (χ4v) is 1.40. The van der Waals surface area contributed by atoms with E-state index in [9.17, 15) is 0 Å². The van der Waals surface area contributed by atoms with Gasteiger partial charge in [-0.1, -0.05) is 6.07 Å². The Morgan fingerprint density at radius 1 is 1.00 bits per heavy atom. The molecule has 0 saturated heterocycles. The van der Waals surface area contributed by atoms with Crippen LogP contribution in [-0.4, -0.2) is 51.7 Å². The summed E-state index contributed by atoms with van der Waals surface area (Å²) >= 11 is 5.67. The van der Waals surface area contributed by atoms with Crippen LogP contribution in [0.15, 0.2) is 18.3 Å². The third kappa shape index (κ3) is 8.00. The first-order valence-corrected chi connectivity index (χ1v) is 6.68. The molecule has 0 aliphatic heterocycles. The minimum absolute atomic E-state index is 0.458. The Kier molecular flexibility index (Phi) is 9.36. The number of rotatable bonds is 11. The Hall–Kier alpha value is -0.880. The van der Waals surface area contributed by atoms with Crippen LogP contribution in [0.2, 0.25) is 0 Å². The van der Waals surface area contributed by atoms with Gasteiger partial charge in [-0.25, -0.2) is 4.98 Å². The van der Waals surface area contributed by atoms with Gasteiger partial charge in [-0.3, -0.25) is 0 Å². The fraction of sp³-hybridized carbons (Fsp3) is 0.615. The van der Waals surface area contributed by atoms with Crippen molar-refractivity contribution in [2.45, 2.75) is 5.88 Å². The maximum atomic E-state index is 5.67. The van der Waals surface area contributed by atoms with E-state index < -0.39 is 0 Å². The van der Waals surface area contributed by atoms with Crippen LogP contribution in [0.4, 0.5) is 0 Å². The molecule has 0 amide bonds. The van der Waals surface area contributed by atoms with Crippen LogP contribution < -0.4 is 4.74 Å². The topological polar surface area (TPSA) is 49.8 Å². The molecule has 0 saturated carbocycles. The van der Waals surface area contributed by atoms with Crippen LogP contribution in [0.25, 0.3) is 0 Å². The molecular formula is C13H20ClNO4. The monoisotopic (exact) mass is 289 g/mol. The van der Waals surface area contributed by atoms with Crippen LogP contribution in [-0.2, 0) is 20.1 Å².